The summed E-state index contributed by atoms with van der Waals surface area (Å²) in [7, 11) is 0. The van der Waals surface area contributed by atoms with Crippen LogP contribution in [0.2, 0.25) is 0 Å². The monoisotopic (exact) mass is 1650 g/mol. The molecule has 0 saturated carbocycles. The Morgan fingerprint density at radius 3 is 1.23 bits per heavy atom. The summed E-state index contributed by atoms with van der Waals surface area (Å²) in [4.78, 5) is 156. The van der Waals surface area contributed by atoms with Gasteiger partial charge in [0.2, 0.25) is 70.3 Å². The van der Waals surface area contributed by atoms with Crippen LogP contribution in [0.15, 0.2) is 0 Å². The SMILES string of the molecule is CC(=O)NC1[C@H](OCCCCCCNC(=O)CNC(=O)CN(CC(=O)CCC(=O)NCCCCCCO[C@@H]2OC(COC(C)=O)[C@H](C)[C@H](C)C2C)C(CCCCNC(=O)CCCC(=O)Oc2c(F)c(F)c(F)c(F)c2F)C(=O)CCC(=O)NCCCCCCO[C@@H]2OC(COC(C)=O)[C@H](C)[C@H](C)C2C)OC(COC(C)=O)[C@H](C)[C@@H]1C. The molecule has 16 atom stereocenters. The molecule has 0 aromatic heterocycles. The van der Waals surface area contributed by atoms with E-state index in [0.717, 1.165) is 32.1 Å². The highest BCUT2D eigenvalue weighted by molar-refractivity contribution is 5.92. The molecule has 1 aromatic rings. The maximum Gasteiger partial charge on any atom is 0.311 e. The molecule has 0 radical (unpaired) electrons. The number of rotatable bonds is 55. The maximum atomic E-state index is 14.6. The molecular weight excluding hydrogens is 1520 g/mol. The smallest absolute Gasteiger partial charge is 0.311 e. The van der Waals surface area contributed by atoms with Crippen molar-refractivity contribution < 1.29 is 127 Å². The lowest BCUT2D eigenvalue weighted by molar-refractivity contribution is -0.255. The second-order valence-corrected chi connectivity index (χ2v) is 30.8. The first-order valence-electron chi connectivity index (χ1n) is 40.9. The van der Waals surface area contributed by atoms with Gasteiger partial charge in [0.1, 0.15) is 25.6 Å². The number of carbonyl (C=O) groups excluding carboxylic acids is 12. The first-order chi connectivity index (χ1) is 54.6. The molecular formula is C81H128F5N7O22. The van der Waals surface area contributed by atoms with Crippen molar-refractivity contribution >= 4 is 70.9 Å². The number of ketones is 2. The van der Waals surface area contributed by atoms with Crippen LogP contribution in [0.1, 0.15) is 224 Å². The fourth-order valence-electron chi connectivity index (χ4n) is 13.9. The molecule has 0 bridgehead atoms. The van der Waals surface area contributed by atoms with E-state index in [1.54, 1.807) is 0 Å². The van der Waals surface area contributed by atoms with Gasteiger partial charge in [-0.1, -0.05) is 93.9 Å². The number of carbonyl (C=O) groups is 12. The molecule has 3 saturated heterocycles. The lowest BCUT2D eigenvalue weighted by Gasteiger charge is -2.44. The Labute approximate surface area is 673 Å². The molecule has 6 amide bonds. The van der Waals surface area contributed by atoms with Crippen molar-refractivity contribution in [3.05, 3.63) is 29.1 Å². The van der Waals surface area contributed by atoms with Crippen LogP contribution < -0.4 is 36.6 Å². The molecule has 29 nitrogen and oxygen atoms in total. The van der Waals surface area contributed by atoms with Gasteiger partial charge < -0.3 is 79.3 Å². The van der Waals surface area contributed by atoms with E-state index in [4.69, 9.17) is 42.6 Å². The Bertz CT molecular complexity index is 3240. The Balaban J connectivity index is 1.38. The third kappa shape index (κ3) is 37.0. The topological polar surface area (TPSA) is 373 Å². The van der Waals surface area contributed by atoms with E-state index in [1.807, 2.05) is 13.8 Å². The average Bonchev–Trinajstić information content (AvgIpc) is 0.800. The van der Waals surface area contributed by atoms with Gasteiger partial charge in [-0.2, -0.15) is 8.78 Å². The van der Waals surface area contributed by atoms with Gasteiger partial charge in [-0.25, -0.2) is 13.2 Å². The minimum atomic E-state index is -2.44. The van der Waals surface area contributed by atoms with Crippen molar-refractivity contribution in [1.29, 1.82) is 0 Å². The van der Waals surface area contributed by atoms with Crippen LogP contribution in [0.4, 0.5) is 22.0 Å². The highest BCUT2D eigenvalue weighted by Crippen LogP contribution is 2.38. The fraction of sp³-hybridized carbons (Fsp3) is 0.778. The molecule has 654 valence electrons. The molecule has 1 aromatic carbocycles. The number of benzene rings is 1. The zero-order chi connectivity index (χ0) is 85.3. The van der Waals surface area contributed by atoms with Gasteiger partial charge in [0.05, 0.1) is 50.0 Å². The lowest BCUT2D eigenvalue weighted by atomic mass is 9.79. The fourth-order valence-corrected chi connectivity index (χ4v) is 13.9. The highest BCUT2D eigenvalue weighted by Gasteiger charge is 2.45. The number of nitrogens with one attached hydrogen (secondary N) is 6. The van der Waals surface area contributed by atoms with Crippen LogP contribution in [0.25, 0.3) is 0 Å². The molecule has 4 rings (SSSR count). The van der Waals surface area contributed by atoms with Gasteiger partial charge in [0, 0.05) is 124 Å². The standard InChI is InChI=1S/C81H128F5N7O22/c1-48-50(3)63(45-109-57(10)95)112-79(54(48)7)106-39-24-16-13-20-35-88-67(101)33-31-60(98)43-93(44-70(104)91-42-69(103)90-37-22-15-18-26-41-108-81-77(92-56(9)94)53(6)52(5)65(114-81)47-111-59(12)97)61(28-19-23-38-87-66(100)29-27-30-71(105)115-78-75(85)73(83)72(82)74(84)76(78)86)62(99)32-34-68(102)89-36-21-14-17-25-40-107-80-55(8)49(2)51(4)64(113-80)46-110-58(11)96/h48-55,61,63-65,77,79-81H,13-47H2,1-12H3,(H,87,100)(H,88,101)(H,89,102)(H,90,103)(H,91,104)(H,92,94)/t48-,49-,50+,51+,52+,53-,54?,55?,61?,63?,64?,65?,77?,79+,80+,81+/m0/s1. The van der Waals surface area contributed by atoms with E-state index in [0.29, 0.717) is 77.9 Å². The number of esters is 4. The number of hydrogen-bond acceptors (Lipinski definition) is 23. The van der Waals surface area contributed by atoms with E-state index >= 15 is 0 Å². The number of amides is 6. The summed E-state index contributed by atoms with van der Waals surface area (Å²) < 4.78 is 126. The zero-order valence-electron chi connectivity index (χ0n) is 69.3. The van der Waals surface area contributed by atoms with Crippen molar-refractivity contribution in [3.63, 3.8) is 0 Å². The third-order valence-corrected chi connectivity index (χ3v) is 21.9. The quantitative estimate of drug-likeness (QED) is 0.00674. The minimum absolute atomic E-state index is 0.00368. The molecule has 0 aliphatic carbocycles. The third-order valence-electron chi connectivity index (χ3n) is 21.9. The summed E-state index contributed by atoms with van der Waals surface area (Å²) in [5, 5.41) is 16.6. The molecule has 115 heavy (non-hydrogen) atoms. The van der Waals surface area contributed by atoms with Crippen molar-refractivity contribution in [2.75, 3.05) is 85.5 Å². The molecule has 34 heteroatoms. The molecule has 3 aliphatic heterocycles. The Hall–Kier alpha value is -7.37. The van der Waals surface area contributed by atoms with Crippen LogP contribution in [0.3, 0.4) is 0 Å². The van der Waals surface area contributed by atoms with Crippen molar-refractivity contribution in [3.8, 4) is 5.75 Å². The van der Waals surface area contributed by atoms with Gasteiger partial charge in [0.15, 0.2) is 24.7 Å². The van der Waals surface area contributed by atoms with Gasteiger partial charge in [-0.15, -0.1) is 0 Å². The maximum absolute atomic E-state index is 14.6. The van der Waals surface area contributed by atoms with Crippen LogP contribution in [0.5, 0.6) is 5.75 Å². The second kappa shape index (κ2) is 53.9. The van der Waals surface area contributed by atoms with Gasteiger partial charge in [-0.3, -0.25) is 62.4 Å². The highest BCUT2D eigenvalue weighted by atomic mass is 19.2. The van der Waals surface area contributed by atoms with Crippen LogP contribution >= 0.6 is 0 Å². The molecule has 0 spiro atoms. The Morgan fingerprint density at radius 2 is 0.774 bits per heavy atom. The lowest BCUT2D eigenvalue weighted by Crippen LogP contribution is -2.58. The average molecular weight is 1650 g/mol. The van der Waals surface area contributed by atoms with E-state index < -0.39 is 151 Å². The Morgan fingerprint density at radius 1 is 0.383 bits per heavy atom. The van der Waals surface area contributed by atoms with E-state index in [-0.39, 0.29) is 168 Å². The minimum Gasteiger partial charge on any atom is -0.463 e. The summed E-state index contributed by atoms with van der Waals surface area (Å²) in [6.07, 6.45) is 3.60. The Kier molecular flexibility index (Phi) is 46.8. The predicted octanol–water partition coefficient (Wildman–Crippen LogP) is 8.77. The molecule has 3 aliphatic rings. The van der Waals surface area contributed by atoms with Crippen molar-refractivity contribution in [2.45, 2.75) is 274 Å². The molecule has 6 N–H and O–H groups in total. The second-order valence-electron chi connectivity index (χ2n) is 30.8. The van der Waals surface area contributed by atoms with Gasteiger partial charge in [0.25, 0.3) is 0 Å². The number of ether oxygens (including phenoxy) is 10. The molecule has 3 fully saturated rings. The largest absolute Gasteiger partial charge is 0.463 e. The summed E-state index contributed by atoms with van der Waals surface area (Å²) in [5.74, 6) is -19.2. The van der Waals surface area contributed by atoms with Crippen molar-refractivity contribution in [1.82, 2.24) is 36.8 Å². The van der Waals surface area contributed by atoms with E-state index in [1.165, 1.54) is 32.6 Å². The summed E-state index contributed by atoms with van der Waals surface area (Å²) in [5.41, 5.74) is 0. The summed E-state index contributed by atoms with van der Waals surface area (Å²) in [6, 6.07) is -1.64. The first kappa shape index (κ1) is 100.0. The van der Waals surface area contributed by atoms with E-state index in [9.17, 15) is 79.5 Å². The van der Waals surface area contributed by atoms with E-state index in [2.05, 4.69) is 78.2 Å². The zero-order valence-corrected chi connectivity index (χ0v) is 69.3. The van der Waals surface area contributed by atoms with Crippen molar-refractivity contribution in [2.24, 2.45) is 47.3 Å². The number of hydrogen-bond donors (Lipinski definition) is 6. The normalized spacial score (nSPS) is 23.5. The number of Topliss-reactive ketones (excluding diaryl/α,β-unsaturated/α-hetero) is 2. The molecule has 7 unspecified atom stereocenters. The summed E-state index contributed by atoms with van der Waals surface area (Å²) >= 11 is 0. The van der Waals surface area contributed by atoms with Crippen LogP contribution in [0, 0.1) is 76.4 Å². The number of nitrogens with zero attached hydrogens (tertiary/aromatic N) is 1. The predicted molar refractivity (Wildman–Crippen MR) is 409 cm³/mol. The molecule has 3 heterocycles. The summed E-state index contributed by atoms with van der Waals surface area (Å²) in [6.45, 7) is 22.6. The van der Waals surface area contributed by atoms with Crippen LogP contribution in [-0.4, -0.2) is 211 Å². The van der Waals surface area contributed by atoms with Gasteiger partial charge in [-0.05, 0) is 99.7 Å². The van der Waals surface area contributed by atoms with Crippen LogP contribution in [-0.2, 0) is 100 Å². The van der Waals surface area contributed by atoms with Gasteiger partial charge >= 0.3 is 23.9 Å². The number of unbranched alkanes of at least 4 members (excludes halogenated alkanes) is 10. The first-order valence-corrected chi connectivity index (χ1v) is 40.9. The number of halogens is 5.